The Bertz CT molecular complexity index is 2720. The summed E-state index contributed by atoms with van der Waals surface area (Å²) >= 11 is 0. The average Bonchev–Trinajstić information content (AvgIpc) is 3.67. The van der Waals surface area contributed by atoms with Crippen LogP contribution in [0.1, 0.15) is 48.1 Å². The molecular weight excluding hydrogens is 724 g/mol. The Morgan fingerprint density at radius 2 is 1.73 bits per heavy atom. The molecule has 8 rings (SSSR count). The zero-order valence-corrected chi connectivity index (χ0v) is 28.5. The van der Waals surface area contributed by atoms with Gasteiger partial charge in [0.2, 0.25) is 11.7 Å². The van der Waals surface area contributed by atoms with Crippen molar-refractivity contribution in [3.8, 4) is 28.3 Å². The van der Waals surface area contributed by atoms with Crippen molar-refractivity contribution in [1.29, 1.82) is 0 Å². The van der Waals surface area contributed by atoms with Crippen molar-refractivity contribution in [2.75, 3.05) is 0 Å². The summed E-state index contributed by atoms with van der Waals surface area (Å²) in [4.78, 5) is 84.4. The summed E-state index contributed by atoms with van der Waals surface area (Å²) in [5.74, 6) is -2.06. The molecule has 4 heterocycles. The second-order valence-electron chi connectivity index (χ2n) is 12.9. The molecule has 0 bridgehead atoms. The predicted octanol–water partition coefficient (Wildman–Crippen LogP) is 4.90. The van der Waals surface area contributed by atoms with Crippen LogP contribution in [-0.2, 0) is 42.7 Å². The lowest BCUT2D eigenvalue weighted by atomic mass is 9.85. The molecule has 0 saturated heterocycles. The zero-order chi connectivity index (χ0) is 39.1. The fourth-order valence-corrected chi connectivity index (χ4v) is 7.19. The number of cyclic esters (lactones) is 1. The van der Waals surface area contributed by atoms with Crippen LogP contribution in [0.3, 0.4) is 0 Å². The standard InChI is InChI=1S/C36H24N6O13/c1-3-36(26-13-29-31-18(8-17-9-21(43)5-7-27(17)37-31)14-39(29)33(44)25(26)15-53-35(36)46)54-34(45)16(2)55-38-32-23-10-19(40(47)48)4-6-22(23)30-24(32)11-20(41(49)50)12-28(30)42(51)52/h4-13,16,43H,3,14-15H2,1-2H3/b38-32-/t16-,36-/m0/s1. The lowest BCUT2D eigenvalue weighted by Crippen LogP contribution is -2.48. The van der Waals surface area contributed by atoms with Gasteiger partial charge in [-0.3, -0.25) is 35.1 Å². The van der Waals surface area contributed by atoms with Crippen molar-refractivity contribution >= 4 is 45.6 Å². The van der Waals surface area contributed by atoms with E-state index in [4.69, 9.17) is 19.3 Å². The van der Waals surface area contributed by atoms with Gasteiger partial charge in [-0.15, -0.1) is 0 Å². The number of aromatic nitrogens is 2. The number of oxime groups is 1. The fourth-order valence-electron chi connectivity index (χ4n) is 7.19. The number of esters is 2. The summed E-state index contributed by atoms with van der Waals surface area (Å²) < 4.78 is 12.7. The van der Waals surface area contributed by atoms with Crippen LogP contribution in [0.5, 0.6) is 5.75 Å². The molecule has 0 unspecified atom stereocenters. The highest BCUT2D eigenvalue weighted by molar-refractivity contribution is 6.26. The van der Waals surface area contributed by atoms with E-state index in [-0.39, 0.29) is 57.8 Å². The molecule has 19 nitrogen and oxygen atoms in total. The first-order valence-electron chi connectivity index (χ1n) is 16.5. The van der Waals surface area contributed by atoms with E-state index in [1.165, 1.54) is 23.6 Å². The highest BCUT2D eigenvalue weighted by atomic mass is 16.7. The topological polar surface area (TPSA) is 259 Å². The molecule has 2 atom stereocenters. The number of benzene rings is 3. The van der Waals surface area contributed by atoms with Crippen molar-refractivity contribution in [2.45, 2.75) is 45.1 Å². The van der Waals surface area contributed by atoms with Crippen LogP contribution in [-0.4, -0.2) is 53.2 Å². The molecule has 3 aliphatic rings. The summed E-state index contributed by atoms with van der Waals surface area (Å²) in [6.07, 6.45) is -1.79. The van der Waals surface area contributed by atoms with E-state index in [0.29, 0.717) is 27.9 Å². The lowest BCUT2D eigenvalue weighted by Gasteiger charge is -2.36. The molecule has 276 valence electrons. The number of carbonyl (C=O) groups excluding carboxylic acids is 2. The summed E-state index contributed by atoms with van der Waals surface area (Å²) in [5.41, 5.74) is -2.62. The zero-order valence-electron chi connectivity index (χ0n) is 28.5. The van der Waals surface area contributed by atoms with Gasteiger partial charge < -0.3 is 24.0 Å². The molecule has 2 aromatic heterocycles. The van der Waals surface area contributed by atoms with Gasteiger partial charge in [0.05, 0.1) is 55.4 Å². The number of hydrogen-bond acceptors (Lipinski definition) is 15. The number of nitro groups is 3. The van der Waals surface area contributed by atoms with E-state index >= 15 is 0 Å². The van der Waals surface area contributed by atoms with E-state index in [9.17, 15) is 49.8 Å². The SMILES string of the molecule is CC[C@@]1(OC(=O)[C@H](C)O/N=C2/c3cc([N+](=O)[O-])ccc3-c3c2cc([N+](=O)[O-])cc3[N+](=O)[O-])C(=O)OCc2c1cc1n(c2=O)Cc2cc3cc(O)ccc3nc2-1. The van der Waals surface area contributed by atoms with Gasteiger partial charge in [0.15, 0.2) is 0 Å². The summed E-state index contributed by atoms with van der Waals surface area (Å²) in [7, 11) is 0. The number of pyridine rings is 2. The van der Waals surface area contributed by atoms with Crippen LogP contribution < -0.4 is 5.56 Å². The highest BCUT2D eigenvalue weighted by Gasteiger charge is 2.51. The van der Waals surface area contributed by atoms with E-state index in [2.05, 4.69) is 5.16 Å². The van der Waals surface area contributed by atoms with Crippen LogP contribution in [0.15, 0.2) is 70.6 Å². The Balaban J connectivity index is 1.16. The minimum Gasteiger partial charge on any atom is -0.508 e. The lowest BCUT2D eigenvalue weighted by molar-refractivity contribution is -0.393. The molecule has 3 aromatic carbocycles. The molecule has 55 heavy (non-hydrogen) atoms. The van der Waals surface area contributed by atoms with Gasteiger partial charge in [0.25, 0.3) is 22.6 Å². The molecule has 19 heteroatoms. The number of nitrogens with zero attached hydrogens (tertiary/aromatic N) is 6. The van der Waals surface area contributed by atoms with Gasteiger partial charge in [0.1, 0.15) is 18.1 Å². The molecule has 5 aromatic rings. The van der Waals surface area contributed by atoms with Crippen molar-refractivity contribution in [1.82, 2.24) is 9.55 Å². The maximum absolute atomic E-state index is 13.9. The van der Waals surface area contributed by atoms with E-state index < -0.39 is 67.6 Å². The van der Waals surface area contributed by atoms with Crippen molar-refractivity contribution in [2.24, 2.45) is 5.16 Å². The molecule has 2 aliphatic heterocycles. The largest absolute Gasteiger partial charge is 0.508 e. The maximum Gasteiger partial charge on any atom is 0.355 e. The molecule has 1 aliphatic carbocycles. The smallest absolute Gasteiger partial charge is 0.355 e. The third-order valence-corrected chi connectivity index (χ3v) is 9.87. The number of non-ortho nitro benzene ring substituents is 2. The van der Waals surface area contributed by atoms with Crippen molar-refractivity contribution in [3.05, 3.63) is 129 Å². The van der Waals surface area contributed by atoms with Gasteiger partial charge in [-0.05, 0) is 55.3 Å². The number of nitro benzene ring substituents is 3. The van der Waals surface area contributed by atoms with Crippen LogP contribution in [0.4, 0.5) is 17.1 Å². The fraction of sp³-hybridized carbons (Fsp3) is 0.194. The first kappa shape index (κ1) is 34.5. The number of carbonyl (C=O) groups is 2. The Morgan fingerprint density at radius 1 is 0.982 bits per heavy atom. The van der Waals surface area contributed by atoms with Gasteiger partial charge in [-0.2, -0.15) is 0 Å². The molecule has 0 amide bonds. The molecule has 0 fully saturated rings. The van der Waals surface area contributed by atoms with E-state index in [1.54, 1.807) is 31.2 Å². The van der Waals surface area contributed by atoms with Gasteiger partial charge in [-0.25, -0.2) is 14.6 Å². The molecule has 0 spiro atoms. The Kier molecular flexibility index (Phi) is 7.69. The third-order valence-electron chi connectivity index (χ3n) is 9.87. The second kappa shape index (κ2) is 12.3. The van der Waals surface area contributed by atoms with Crippen LogP contribution in [0.25, 0.3) is 33.4 Å². The molecule has 1 N–H and O–H groups in total. The number of hydrogen-bond donors (Lipinski definition) is 1. The molecule has 0 radical (unpaired) electrons. The minimum absolute atomic E-state index is 0.0315. The predicted molar refractivity (Wildman–Crippen MR) is 188 cm³/mol. The van der Waals surface area contributed by atoms with Gasteiger partial charge in [-0.1, -0.05) is 12.1 Å². The Morgan fingerprint density at radius 3 is 2.44 bits per heavy atom. The minimum atomic E-state index is -2.12. The Hall–Kier alpha value is -7.57. The van der Waals surface area contributed by atoms with Crippen molar-refractivity contribution < 1.29 is 43.8 Å². The monoisotopic (exact) mass is 748 g/mol. The number of phenols is 1. The number of aromatic hydroxyl groups is 1. The molecule has 0 saturated carbocycles. The third kappa shape index (κ3) is 5.23. The highest BCUT2D eigenvalue weighted by Crippen LogP contribution is 2.46. The average molecular weight is 749 g/mol. The first-order chi connectivity index (χ1) is 26.2. The number of rotatable bonds is 8. The summed E-state index contributed by atoms with van der Waals surface area (Å²) in [5, 5.41) is 50.0. The van der Waals surface area contributed by atoms with Crippen molar-refractivity contribution in [3.63, 3.8) is 0 Å². The summed E-state index contributed by atoms with van der Waals surface area (Å²) in [6.45, 7) is 2.52. The first-order valence-corrected chi connectivity index (χ1v) is 16.5. The van der Waals surface area contributed by atoms with E-state index in [1.807, 2.05) is 0 Å². The van der Waals surface area contributed by atoms with Gasteiger partial charge >= 0.3 is 11.9 Å². The van der Waals surface area contributed by atoms with Crippen LogP contribution >= 0.6 is 0 Å². The van der Waals surface area contributed by atoms with Crippen LogP contribution in [0, 0.1) is 30.3 Å². The number of ether oxygens (including phenoxy) is 2. The molecular formula is C36H24N6O13. The second-order valence-corrected chi connectivity index (χ2v) is 12.9. The summed E-state index contributed by atoms with van der Waals surface area (Å²) in [6, 6.07) is 13.2. The Labute approximate surface area is 306 Å². The number of phenolic OH excluding ortho intramolecular Hbond substituents is 1. The number of fused-ring (bicyclic) bond motifs is 8. The normalized spacial score (nSPS) is 17.3. The van der Waals surface area contributed by atoms with E-state index in [0.717, 1.165) is 24.3 Å². The quantitative estimate of drug-likeness (QED) is 0.123. The van der Waals surface area contributed by atoms with Gasteiger partial charge in [0, 0.05) is 45.8 Å². The van der Waals surface area contributed by atoms with Crippen LogP contribution in [0.2, 0.25) is 0 Å². The maximum atomic E-state index is 13.9.